The van der Waals surface area contributed by atoms with E-state index in [1.54, 1.807) is 11.6 Å². The van der Waals surface area contributed by atoms with Crippen LogP contribution < -0.4 is 10.6 Å². The first-order valence-corrected chi connectivity index (χ1v) is 8.51. The van der Waals surface area contributed by atoms with E-state index < -0.39 is 31.1 Å². The lowest BCUT2D eigenvalue weighted by Gasteiger charge is -2.19. The summed E-state index contributed by atoms with van der Waals surface area (Å²) in [5.74, 6) is 0.966. The molecule has 0 radical (unpaired) electrons. The van der Waals surface area contributed by atoms with Gasteiger partial charge in [-0.3, -0.25) is 4.57 Å². The Hall–Kier alpha value is -2.05. The maximum atomic E-state index is 10.4. The fraction of sp³-hybridized carbons (Fsp3) is 0.667. The number of fused-ring (bicyclic) bond motifs is 1. The Labute approximate surface area is 149 Å². The minimum absolute atomic E-state index is 0.144. The van der Waals surface area contributed by atoms with E-state index in [9.17, 15) is 15.3 Å². The number of hydrogen-bond donors (Lipinski definition) is 5. The second-order valence-corrected chi connectivity index (χ2v) is 6.38. The number of nitrogens with zero attached hydrogens (tertiary/aromatic N) is 4. The Morgan fingerprint density at radius 2 is 2.15 bits per heavy atom. The molecule has 26 heavy (non-hydrogen) atoms. The van der Waals surface area contributed by atoms with Gasteiger partial charge in [-0.2, -0.15) is 0 Å². The average molecular weight is 366 g/mol. The molecule has 11 nitrogen and oxygen atoms in total. The van der Waals surface area contributed by atoms with Crippen LogP contribution in [0, 0.1) is 0 Å². The number of anilines is 2. The van der Waals surface area contributed by atoms with Gasteiger partial charge in [-0.25, -0.2) is 15.0 Å². The molecule has 2 saturated heterocycles. The normalized spacial score (nSPS) is 31.6. The van der Waals surface area contributed by atoms with E-state index in [0.717, 1.165) is 6.42 Å². The van der Waals surface area contributed by atoms with E-state index in [1.165, 1.54) is 6.33 Å². The van der Waals surface area contributed by atoms with Crippen molar-refractivity contribution < 1.29 is 24.8 Å². The summed E-state index contributed by atoms with van der Waals surface area (Å²) in [6, 6.07) is 0.144. The largest absolute Gasteiger partial charge is 0.394 e. The molecule has 2 aliphatic heterocycles. The molecule has 0 aliphatic carbocycles. The lowest BCUT2D eigenvalue weighted by atomic mass is 10.1. The topological polar surface area (TPSA) is 147 Å². The van der Waals surface area contributed by atoms with Gasteiger partial charge in [-0.05, 0) is 6.42 Å². The summed E-state index contributed by atoms with van der Waals surface area (Å²) in [5, 5.41) is 36.0. The molecule has 2 aromatic rings. The second-order valence-electron chi connectivity index (χ2n) is 6.38. The molecular weight excluding hydrogens is 344 g/mol. The summed E-state index contributed by atoms with van der Waals surface area (Å²) in [5.41, 5.74) is 0.960. The third-order valence-electron chi connectivity index (χ3n) is 4.74. The molecule has 5 atom stereocenters. The third kappa shape index (κ3) is 2.77. The van der Waals surface area contributed by atoms with Crippen LogP contribution >= 0.6 is 0 Å². The number of aliphatic hydroxyl groups is 3. The van der Waals surface area contributed by atoms with E-state index in [1.807, 2.05) is 0 Å². The SMILES string of the molecule is CNc1nc2c(NC3CCOC3)ncnc2n1C1OC(CO)C(O)C1O. The van der Waals surface area contributed by atoms with E-state index in [2.05, 4.69) is 25.6 Å². The summed E-state index contributed by atoms with van der Waals surface area (Å²) in [6.45, 7) is 0.893. The van der Waals surface area contributed by atoms with Crippen LogP contribution in [0.15, 0.2) is 6.33 Å². The molecule has 2 aromatic heterocycles. The van der Waals surface area contributed by atoms with Crippen LogP contribution in [-0.2, 0) is 9.47 Å². The van der Waals surface area contributed by atoms with E-state index in [0.29, 0.717) is 36.1 Å². The molecule has 0 saturated carbocycles. The van der Waals surface area contributed by atoms with Gasteiger partial charge in [-0.1, -0.05) is 0 Å². The summed E-state index contributed by atoms with van der Waals surface area (Å²) in [6.07, 6.45) is -1.98. The number of hydrogen-bond acceptors (Lipinski definition) is 10. The van der Waals surface area contributed by atoms with Crippen LogP contribution in [0.1, 0.15) is 12.6 Å². The van der Waals surface area contributed by atoms with Gasteiger partial charge in [0.15, 0.2) is 23.2 Å². The first-order valence-electron chi connectivity index (χ1n) is 8.51. The molecule has 0 bridgehead atoms. The standard InChI is InChI=1S/C15H22N6O5/c1-16-15-20-9-12(19-7-2-3-25-5-7)17-6-18-13(9)21(15)14-11(24)10(23)8(4-22)26-14/h6-8,10-11,14,22-24H,2-5H2,1H3,(H,16,20)(H,17,18,19). The highest BCUT2D eigenvalue weighted by Gasteiger charge is 2.45. The fourth-order valence-electron chi connectivity index (χ4n) is 3.37. The number of aromatic nitrogens is 4. The molecule has 11 heteroatoms. The molecule has 0 spiro atoms. The number of aliphatic hydroxyl groups excluding tert-OH is 3. The Morgan fingerprint density at radius 1 is 1.31 bits per heavy atom. The Kier molecular flexibility index (Phi) is 4.63. The van der Waals surface area contributed by atoms with Crippen molar-refractivity contribution in [3.63, 3.8) is 0 Å². The number of ether oxygens (including phenoxy) is 2. The Morgan fingerprint density at radius 3 is 2.81 bits per heavy atom. The molecule has 5 N–H and O–H groups in total. The maximum Gasteiger partial charge on any atom is 0.207 e. The minimum Gasteiger partial charge on any atom is -0.394 e. The van der Waals surface area contributed by atoms with Gasteiger partial charge >= 0.3 is 0 Å². The second kappa shape index (κ2) is 6.93. The highest BCUT2D eigenvalue weighted by atomic mass is 16.6. The molecule has 142 valence electrons. The Balaban J connectivity index is 1.75. The van der Waals surface area contributed by atoms with Crippen molar-refractivity contribution >= 4 is 22.9 Å². The molecular formula is C15H22N6O5. The van der Waals surface area contributed by atoms with Gasteiger partial charge in [0.2, 0.25) is 5.95 Å². The van der Waals surface area contributed by atoms with Gasteiger partial charge in [0.1, 0.15) is 24.6 Å². The van der Waals surface area contributed by atoms with Crippen molar-refractivity contribution in [1.82, 2.24) is 19.5 Å². The third-order valence-corrected chi connectivity index (χ3v) is 4.74. The van der Waals surface area contributed by atoms with E-state index >= 15 is 0 Å². The van der Waals surface area contributed by atoms with Crippen LogP contribution in [0.4, 0.5) is 11.8 Å². The smallest absolute Gasteiger partial charge is 0.207 e. The predicted octanol–water partition coefficient (Wildman–Crippen LogP) is -1.32. The monoisotopic (exact) mass is 366 g/mol. The van der Waals surface area contributed by atoms with E-state index in [4.69, 9.17) is 9.47 Å². The molecule has 0 amide bonds. The van der Waals surface area contributed by atoms with Crippen molar-refractivity contribution in [2.75, 3.05) is 37.5 Å². The van der Waals surface area contributed by atoms with Gasteiger partial charge in [0.05, 0.1) is 19.3 Å². The summed E-state index contributed by atoms with van der Waals surface area (Å²) in [4.78, 5) is 13.1. The maximum absolute atomic E-state index is 10.4. The van der Waals surface area contributed by atoms with Crippen LogP contribution in [0.3, 0.4) is 0 Å². The zero-order chi connectivity index (χ0) is 18.3. The molecule has 4 heterocycles. The van der Waals surface area contributed by atoms with Crippen LogP contribution in [0.2, 0.25) is 0 Å². The first kappa shape index (κ1) is 17.4. The number of imidazole rings is 1. The molecule has 2 fully saturated rings. The summed E-state index contributed by atoms with van der Waals surface area (Å²) in [7, 11) is 1.68. The number of rotatable bonds is 5. The Bertz CT molecular complexity index is 779. The zero-order valence-electron chi connectivity index (χ0n) is 14.2. The van der Waals surface area contributed by atoms with Gasteiger partial charge in [0, 0.05) is 13.7 Å². The predicted molar refractivity (Wildman–Crippen MR) is 90.7 cm³/mol. The van der Waals surface area contributed by atoms with Crippen LogP contribution in [-0.4, -0.2) is 86.1 Å². The quantitative estimate of drug-likeness (QED) is 0.432. The van der Waals surface area contributed by atoms with Crippen molar-refractivity contribution in [2.24, 2.45) is 0 Å². The molecule has 0 aromatic carbocycles. The average Bonchev–Trinajstić information content (AvgIpc) is 3.35. The molecule has 4 rings (SSSR count). The van der Waals surface area contributed by atoms with Crippen molar-refractivity contribution in [3.05, 3.63) is 6.33 Å². The highest BCUT2D eigenvalue weighted by molar-refractivity contribution is 5.85. The first-order chi connectivity index (χ1) is 12.6. The van der Waals surface area contributed by atoms with Gasteiger partial charge in [-0.15, -0.1) is 0 Å². The van der Waals surface area contributed by atoms with Crippen LogP contribution in [0.25, 0.3) is 11.2 Å². The lowest BCUT2D eigenvalue weighted by molar-refractivity contribution is -0.0501. The van der Waals surface area contributed by atoms with Crippen molar-refractivity contribution in [2.45, 2.75) is 37.0 Å². The minimum atomic E-state index is -1.23. The van der Waals surface area contributed by atoms with Crippen molar-refractivity contribution in [1.29, 1.82) is 0 Å². The highest BCUT2D eigenvalue weighted by Crippen LogP contribution is 2.35. The summed E-state index contributed by atoms with van der Waals surface area (Å²) < 4.78 is 12.6. The molecule has 2 aliphatic rings. The lowest BCUT2D eigenvalue weighted by Crippen LogP contribution is -2.33. The van der Waals surface area contributed by atoms with E-state index in [-0.39, 0.29) is 6.04 Å². The van der Waals surface area contributed by atoms with Crippen molar-refractivity contribution in [3.8, 4) is 0 Å². The van der Waals surface area contributed by atoms with Gasteiger partial charge in [0.25, 0.3) is 0 Å². The number of nitrogens with one attached hydrogen (secondary N) is 2. The molecule has 5 unspecified atom stereocenters. The van der Waals surface area contributed by atoms with Crippen LogP contribution in [0.5, 0.6) is 0 Å². The van der Waals surface area contributed by atoms with Gasteiger partial charge < -0.3 is 35.4 Å². The summed E-state index contributed by atoms with van der Waals surface area (Å²) >= 11 is 0. The fourth-order valence-corrected chi connectivity index (χ4v) is 3.37. The zero-order valence-corrected chi connectivity index (χ0v) is 14.2.